The van der Waals surface area contributed by atoms with Gasteiger partial charge in [0.1, 0.15) is 5.82 Å². The van der Waals surface area contributed by atoms with Gasteiger partial charge in [-0.1, -0.05) is 24.3 Å². The summed E-state index contributed by atoms with van der Waals surface area (Å²) in [6, 6.07) is 14.3. The van der Waals surface area contributed by atoms with E-state index < -0.39 is 0 Å². The van der Waals surface area contributed by atoms with Gasteiger partial charge in [-0.25, -0.2) is 4.39 Å². The van der Waals surface area contributed by atoms with Crippen LogP contribution < -0.4 is 16.0 Å². The summed E-state index contributed by atoms with van der Waals surface area (Å²) < 4.78 is 12.9. The first-order valence-corrected chi connectivity index (χ1v) is 9.20. The smallest absolute Gasteiger partial charge is 0.221 e. The highest BCUT2D eigenvalue weighted by molar-refractivity contribution is 5.88. The molecule has 0 fully saturated rings. The molecule has 0 aromatic heterocycles. The zero-order valence-electron chi connectivity index (χ0n) is 15.9. The second-order valence-electron chi connectivity index (χ2n) is 6.19. The molecule has 0 aliphatic carbocycles. The Morgan fingerprint density at radius 1 is 0.963 bits per heavy atom. The normalized spacial score (nSPS) is 11.1. The van der Waals surface area contributed by atoms with E-state index in [2.05, 4.69) is 20.9 Å². The van der Waals surface area contributed by atoms with Crippen LogP contribution in [0.4, 0.5) is 10.1 Å². The van der Waals surface area contributed by atoms with E-state index in [4.69, 9.17) is 0 Å². The van der Waals surface area contributed by atoms with Crippen molar-refractivity contribution in [3.8, 4) is 0 Å². The van der Waals surface area contributed by atoms with Crippen molar-refractivity contribution in [1.82, 2.24) is 10.6 Å². The van der Waals surface area contributed by atoms with Crippen LogP contribution in [0.3, 0.4) is 0 Å². The Morgan fingerprint density at radius 2 is 1.59 bits per heavy atom. The fraction of sp³-hybridized carbons (Fsp3) is 0.333. The van der Waals surface area contributed by atoms with E-state index >= 15 is 0 Å². The van der Waals surface area contributed by atoms with Crippen molar-refractivity contribution in [3.63, 3.8) is 0 Å². The number of guanidine groups is 1. The number of rotatable bonds is 8. The number of benzene rings is 2. The van der Waals surface area contributed by atoms with E-state index in [-0.39, 0.29) is 11.7 Å². The van der Waals surface area contributed by atoms with Gasteiger partial charge in [0.05, 0.1) is 0 Å². The number of nitrogens with zero attached hydrogens (tertiary/aromatic N) is 1. The monoisotopic (exact) mass is 370 g/mol. The quantitative estimate of drug-likeness (QED) is 0.494. The number of carbonyl (C=O) groups is 1. The maximum Gasteiger partial charge on any atom is 0.221 e. The van der Waals surface area contributed by atoms with Crippen molar-refractivity contribution < 1.29 is 9.18 Å². The van der Waals surface area contributed by atoms with Crippen LogP contribution in [0, 0.1) is 5.82 Å². The van der Waals surface area contributed by atoms with E-state index in [0.29, 0.717) is 6.54 Å². The number of halogens is 1. The third-order valence-corrected chi connectivity index (χ3v) is 3.91. The van der Waals surface area contributed by atoms with Gasteiger partial charge < -0.3 is 16.0 Å². The molecule has 0 spiro atoms. The van der Waals surface area contributed by atoms with Crippen LogP contribution in [0.15, 0.2) is 53.5 Å². The molecule has 0 aliphatic rings. The molecule has 1 amide bonds. The third-order valence-electron chi connectivity index (χ3n) is 3.91. The van der Waals surface area contributed by atoms with Crippen LogP contribution in [-0.4, -0.2) is 31.5 Å². The van der Waals surface area contributed by atoms with Gasteiger partial charge in [0, 0.05) is 32.2 Å². The Bertz CT molecular complexity index is 742. The van der Waals surface area contributed by atoms with Crippen LogP contribution in [0.1, 0.15) is 25.0 Å². The summed E-state index contributed by atoms with van der Waals surface area (Å²) in [5.41, 5.74) is 3.05. The number of hydrogen-bond donors (Lipinski definition) is 3. The average Bonchev–Trinajstić information content (AvgIpc) is 2.64. The summed E-state index contributed by atoms with van der Waals surface area (Å²) in [4.78, 5) is 15.6. The zero-order valence-corrected chi connectivity index (χ0v) is 15.9. The average molecular weight is 370 g/mol. The molecule has 0 heterocycles. The van der Waals surface area contributed by atoms with Crippen molar-refractivity contribution in [2.45, 2.75) is 26.7 Å². The fourth-order valence-corrected chi connectivity index (χ4v) is 2.57. The van der Waals surface area contributed by atoms with Gasteiger partial charge in [-0.3, -0.25) is 9.79 Å². The predicted octanol–water partition coefficient (Wildman–Crippen LogP) is 3.12. The second kappa shape index (κ2) is 11.0. The van der Waals surface area contributed by atoms with E-state index in [0.717, 1.165) is 43.1 Å². The van der Waals surface area contributed by atoms with Gasteiger partial charge >= 0.3 is 0 Å². The summed E-state index contributed by atoms with van der Waals surface area (Å²) in [5, 5.41) is 9.31. The topological polar surface area (TPSA) is 65.5 Å². The van der Waals surface area contributed by atoms with Gasteiger partial charge in [-0.2, -0.15) is 0 Å². The Kier molecular flexibility index (Phi) is 8.29. The maximum atomic E-state index is 12.9. The van der Waals surface area contributed by atoms with Crippen LogP contribution in [-0.2, 0) is 17.6 Å². The minimum atomic E-state index is -0.220. The first kappa shape index (κ1) is 20.4. The van der Waals surface area contributed by atoms with Crippen molar-refractivity contribution in [2.75, 3.05) is 25.0 Å². The summed E-state index contributed by atoms with van der Waals surface area (Å²) in [6.45, 7) is 5.69. The Hall–Kier alpha value is -2.89. The molecule has 0 unspecified atom stereocenters. The molecule has 144 valence electrons. The number of nitrogens with one attached hydrogen (secondary N) is 3. The Morgan fingerprint density at radius 3 is 2.22 bits per heavy atom. The van der Waals surface area contributed by atoms with Crippen LogP contribution >= 0.6 is 0 Å². The van der Waals surface area contributed by atoms with E-state index in [1.54, 1.807) is 12.1 Å². The molecule has 2 aromatic carbocycles. The number of anilines is 1. The lowest BCUT2D eigenvalue weighted by Gasteiger charge is -2.11. The lowest BCUT2D eigenvalue weighted by molar-refractivity contribution is -0.114. The minimum Gasteiger partial charge on any atom is -0.357 e. The van der Waals surface area contributed by atoms with E-state index in [1.165, 1.54) is 24.6 Å². The highest BCUT2D eigenvalue weighted by atomic mass is 19.1. The fourth-order valence-electron chi connectivity index (χ4n) is 2.57. The number of amides is 1. The number of aliphatic imine (C=N–C) groups is 1. The molecule has 0 bridgehead atoms. The molecule has 0 aliphatic heterocycles. The third kappa shape index (κ3) is 7.90. The molecule has 0 radical (unpaired) electrons. The molecule has 27 heavy (non-hydrogen) atoms. The maximum absolute atomic E-state index is 12.9. The van der Waals surface area contributed by atoms with Gasteiger partial charge in [0.25, 0.3) is 0 Å². The molecular formula is C21H27FN4O. The molecule has 6 heteroatoms. The molecular weight excluding hydrogens is 343 g/mol. The lowest BCUT2D eigenvalue weighted by atomic mass is 10.1. The highest BCUT2D eigenvalue weighted by Crippen LogP contribution is 2.09. The largest absolute Gasteiger partial charge is 0.357 e. The summed E-state index contributed by atoms with van der Waals surface area (Å²) >= 11 is 0. The standard InChI is InChI=1S/C21H27FN4O/c1-3-23-21(24-14-12-17-4-8-19(22)9-5-17)25-15-13-18-6-10-20(11-7-18)26-16(2)27/h4-11H,3,12-15H2,1-2H3,(H,26,27)(H2,23,24,25). The summed E-state index contributed by atoms with van der Waals surface area (Å²) in [7, 11) is 0. The van der Waals surface area contributed by atoms with Crippen molar-refractivity contribution in [1.29, 1.82) is 0 Å². The van der Waals surface area contributed by atoms with Crippen LogP contribution in [0.25, 0.3) is 0 Å². The highest BCUT2D eigenvalue weighted by Gasteiger charge is 2.00. The Labute approximate surface area is 160 Å². The van der Waals surface area contributed by atoms with Gasteiger partial charge in [-0.05, 0) is 55.2 Å². The predicted molar refractivity (Wildman–Crippen MR) is 109 cm³/mol. The first-order valence-electron chi connectivity index (χ1n) is 9.20. The minimum absolute atomic E-state index is 0.0726. The van der Waals surface area contributed by atoms with Crippen LogP contribution in [0.2, 0.25) is 0 Å². The Balaban J connectivity index is 1.79. The molecule has 2 rings (SSSR count). The van der Waals surface area contributed by atoms with Crippen molar-refractivity contribution >= 4 is 17.6 Å². The van der Waals surface area contributed by atoms with Gasteiger partial charge in [0.15, 0.2) is 5.96 Å². The van der Waals surface area contributed by atoms with E-state index in [1.807, 2.05) is 31.2 Å². The molecule has 3 N–H and O–H groups in total. The SMILES string of the molecule is CCNC(=NCCc1ccc(F)cc1)NCCc1ccc(NC(C)=O)cc1. The number of hydrogen-bond acceptors (Lipinski definition) is 2. The molecule has 5 nitrogen and oxygen atoms in total. The first-order chi connectivity index (χ1) is 13.1. The zero-order chi connectivity index (χ0) is 19.5. The second-order valence-corrected chi connectivity index (χ2v) is 6.19. The summed E-state index contributed by atoms with van der Waals surface area (Å²) in [6.07, 6.45) is 1.62. The van der Waals surface area contributed by atoms with E-state index in [9.17, 15) is 9.18 Å². The van der Waals surface area contributed by atoms with Crippen LogP contribution in [0.5, 0.6) is 0 Å². The molecule has 0 saturated carbocycles. The molecule has 0 atom stereocenters. The lowest BCUT2D eigenvalue weighted by Crippen LogP contribution is -2.38. The van der Waals surface area contributed by atoms with Crippen molar-refractivity contribution in [3.05, 3.63) is 65.5 Å². The van der Waals surface area contributed by atoms with Gasteiger partial charge in [-0.15, -0.1) is 0 Å². The molecule has 2 aromatic rings. The summed E-state index contributed by atoms with van der Waals surface area (Å²) in [5.74, 6) is 0.480. The number of carbonyl (C=O) groups excluding carboxylic acids is 1. The van der Waals surface area contributed by atoms with Gasteiger partial charge in [0.2, 0.25) is 5.91 Å². The van der Waals surface area contributed by atoms with Crippen molar-refractivity contribution in [2.24, 2.45) is 4.99 Å². The molecule has 0 saturated heterocycles.